The Morgan fingerprint density at radius 1 is 1.36 bits per heavy atom. The lowest BCUT2D eigenvalue weighted by Gasteiger charge is -2.00. The molecule has 0 unspecified atom stereocenters. The predicted molar refractivity (Wildman–Crippen MR) is 50.0 cm³/mol. The van der Waals surface area contributed by atoms with Gasteiger partial charge in [-0.25, -0.2) is 13.8 Å². The van der Waals surface area contributed by atoms with Crippen LogP contribution in [0.15, 0.2) is 21.7 Å². The number of rotatable bonds is 0. The molecule has 2 aromatic rings. The second-order valence-corrected chi connectivity index (χ2v) is 3.40. The number of hydrogen-bond acceptors (Lipinski definition) is 2. The fraction of sp³-hybridized carbons (Fsp3) is 0. The highest BCUT2D eigenvalue weighted by atomic mass is 79.9. The van der Waals surface area contributed by atoms with Crippen LogP contribution in [0.4, 0.5) is 8.78 Å². The van der Waals surface area contributed by atoms with Crippen molar-refractivity contribution in [3.63, 3.8) is 0 Å². The van der Waals surface area contributed by atoms with Crippen molar-refractivity contribution in [3.05, 3.63) is 38.9 Å². The van der Waals surface area contributed by atoms with Crippen LogP contribution in [0.5, 0.6) is 0 Å². The molecule has 0 saturated carbocycles. The van der Waals surface area contributed by atoms with Gasteiger partial charge >= 0.3 is 0 Å². The Morgan fingerprint density at radius 2 is 2.07 bits per heavy atom. The van der Waals surface area contributed by atoms with Gasteiger partial charge in [0.05, 0.1) is 16.2 Å². The van der Waals surface area contributed by atoms with Crippen LogP contribution in [-0.4, -0.2) is 9.97 Å². The molecule has 2 rings (SSSR count). The summed E-state index contributed by atoms with van der Waals surface area (Å²) in [7, 11) is 0. The number of aromatic amines is 1. The highest BCUT2D eigenvalue weighted by Crippen LogP contribution is 2.24. The molecule has 0 bridgehead atoms. The fourth-order valence-electron chi connectivity index (χ4n) is 1.15. The molecule has 0 saturated heterocycles. The third-order valence-electron chi connectivity index (χ3n) is 1.76. The Kier molecular flexibility index (Phi) is 2.07. The lowest BCUT2D eigenvalue weighted by Crippen LogP contribution is -2.08. The Balaban J connectivity index is 3.11. The second kappa shape index (κ2) is 3.13. The van der Waals surface area contributed by atoms with Crippen molar-refractivity contribution in [3.8, 4) is 0 Å². The summed E-state index contributed by atoms with van der Waals surface area (Å²) in [5.41, 5.74) is -0.734. The standard InChI is InChI=1S/C8H3BrF2N2O/c9-6-3(10)1-4(11)7-5(6)8(14)13-2-12-7/h1-2H,(H,12,13,14). The Morgan fingerprint density at radius 3 is 2.79 bits per heavy atom. The number of nitrogens with zero attached hydrogens (tertiary/aromatic N) is 1. The van der Waals surface area contributed by atoms with E-state index in [1.165, 1.54) is 0 Å². The van der Waals surface area contributed by atoms with Crippen molar-refractivity contribution >= 4 is 26.8 Å². The minimum atomic E-state index is -0.855. The summed E-state index contributed by atoms with van der Waals surface area (Å²) >= 11 is 2.86. The third kappa shape index (κ3) is 1.22. The van der Waals surface area contributed by atoms with E-state index < -0.39 is 17.2 Å². The lowest BCUT2D eigenvalue weighted by molar-refractivity contribution is 0.586. The minimum Gasteiger partial charge on any atom is -0.313 e. The van der Waals surface area contributed by atoms with Crippen LogP contribution in [0, 0.1) is 11.6 Å². The van der Waals surface area contributed by atoms with Gasteiger partial charge in [0.1, 0.15) is 11.3 Å². The molecular formula is C8H3BrF2N2O. The van der Waals surface area contributed by atoms with E-state index in [1.807, 2.05) is 0 Å². The molecule has 14 heavy (non-hydrogen) atoms. The summed E-state index contributed by atoms with van der Waals surface area (Å²) in [5.74, 6) is -1.68. The summed E-state index contributed by atoms with van der Waals surface area (Å²) < 4.78 is 26.1. The van der Waals surface area contributed by atoms with E-state index in [4.69, 9.17) is 0 Å². The van der Waals surface area contributed by atoms with Gasteiger partial charge in [0, 0.05) is 6.07 Å². The zero-order valence-electron chi connectivity index (χ0n) is 6.64. The summed E-state index contributed by atoms with van der Waals surface area (Å²) in [6.45, 7) is 0. The molecule has 0 aliphatic rings. The summed E-state index contributed by atoms with van der Waals surface area (Å²) in [4.78, 5) is 17.1. The van der Waals surface area contributed by atoms with Gasteiger partial charge < -0.3 is 4.98 Å². The SMILES string of the molecule is O=c1[nH]cnc2c(F)cc(F)c(Br)c12. The molecule has 6 heteroatoms. The van der Waals surface area contributed by atoms with Crippen LogP contribution in [0.1, 0.15) is 0 Å². The number of halogens is 3. The molecule has 3 nitrogen and oxygen atoms in total. The molecule has 0 atom stereocenters. The van der Waals surface area contributed by atoms with Crippen LogP contribution in [0.3, 0.4) is 0 Å². The molecule has 0 fully saturated rings. The van der Waals surface area contributed by atoms with Gasteiger partial charge in [-0.05, 0) is 15.9 Å². The number of aromatic nitrogens is 2. The van der Waals surface area contributed by atoms with Crippen molar-refractivity contribution in [2.45, 2.75) is 0 Å². The molecule has 1 heterocycles. The Labute approximate surface area is 84.9 Å². The van der Waals surface area contributed by atoms with E-state index >= 15 is 0 Å². The molecule has 0 aliphatic carbocycles. The van der Waals surface area contributed by atoms with Crippen LogP contribution >= 0.6 is 15.9 Å². The maximum atomic E-state index is 13.1. The maximum Gasteiger partial charge on any atom is 0.259 e. The number of fused-ring (bicyclic) bond motifs is 1. The van der Waals surface area contributed by atoms with Crippen LogP contribution in [0.2, 0.25) is 0 Å². The van der Waals surface area contributed by atoms with Crippen LogP contribution in [0.25, 0.3) is 10.9 Å². The topological polar surface area (TPSA) is 45.8 Å². The zero-order valence-corrected chi connectivity index (χ0v) is 8.23. The predicted octanol–water partition coefficient (Wildman–Crippen LogP) is 1.96. The molecule has 0 spiro atoms. The molecule has 1 aromatic carbocycles. The first-order valence-electron chi connectivity index (χ1n) is 3.62. The van der Waals surface area contributed by atoms with E-state index in [1.54, 1.807) is 0 Å². The molecule has 0 amide bonds. The average Bonchev–Trinajstić information content (AvgIpc) is 2.14. The highest BCUT2D eigenvalue weighted by Gasteiger charge is 2.13. The first-order valence-corrected chi connectivity index (χ1v) is 4.41. The quantitative estimate of drug-likeness (QED) is 0.737. The molecular weight excluding hydrogens is 258 g/mol. The van der Waals surface area contributed by atoms with Crippen molar-refractivity contribution in [2.24, 2.45) is 0 Å². The summed E-state index contributed by atoms with van der Waals surface area (Å²) in [6, 6.07) is 0.679. The highest BCUT2D eigenvalue weighted by molar-refractivity contribution is 9.10. The smallest absolute Gasteiger partial charge is 0.259 e. The second-order valence-electron chi connectivity index (χ2n) is 2.61. The fourth-order valence-corrected chi connectivity index (χ4v) is 1.63. The largest absolute Gasteiger partial charge is 0.313 e. The van der Waals surface area contributed by atoms with Gasteiger partial charge in [0.25, 0.3) is 5.56 Å². The summed E-state index contributed by atoms with van der Waals surface area (Å²) in [6.07, 6.45) is 1.07. The van der Waals surface area contributed by atoms with Gasteiger partial charge in [-0.2, -0.15) is 0 Å². The van der Waals surface area contributed by atoms with Gasteiger partial charge in [-0.15, -0.1) is 0 Å². The van der Waals surface area contributed by atoms with Gasteiger partial charge in [0.15, 0.2) is 5.82 Å². The van der Waals surface area contributed by atoms with Crippen molar-refractivity contribution in [2.75, 3.05) is 0 Å². The van der Waals surface area contributed by atoms with Gasteiger partial charge in [0.2, 0.25) is 0 Å². The third-order valence-corrected chi connectivity index (χ3v) is 2.54. The van der Waals surface area contributed by atoms with E-state index in [0.717, 1.165) is 6.33 Å². The average molecular weight is 261 g/mol. The number of hydrogen-bond donors (Lipinski definition) is 1. The number of nitrogens with one attached hydrogen (secondary N) is 1. The molecule has 1 N–H and O–H groups in total. The Hall–Kier alpha value is -1.30. The van der Waals surface area contributed by atoms with E-state index in [-0.39, 0.29) is 15.4 Å². The van der Waals surface area contributed by atoms with Crippen LogP contribution in [-0.2, 0) is 0 Å². The van der Waals surface area contributed by atoms with E-state index in [9.17, 15) is 13.6 Å². The van der Waals surface area contributed by atoms with Crippen LogP contribution < -0.4 is 5.56 Å². The normalized spacial score (nSPS) is 10.8. The monoisotopic (exact) mass is 260 g/mol. The summed E-state index contributed by atoms with van der Waals surface area (Å²) in [5, 5.41) is -0.120. The lowest BCUT2D eigenvalue weighted by atomic mass is 10.2. The first kappa shape index (κ1) is 9.26. The maximum absolute atomic E-state index is 13.1. The first-order chi connectivity index (χ1) is 6.61. The van der Waals surface area contributed by atoms with E-state index in [0.29, 0.717) is 6.07 Å². The number of benzene rings is 1. The molecule has 0 aliphatic heterocycles. The molecule has 0 radical (unpaired) electrons. The van der Waals surface area contributed by atoms with Gasteiger partial charge in [-0.3, -0.25) is 4.79 Å². The van der Waals surface area contributed by atoms with E-state index in [2.05, 4.69) is 25.9 Å². The van der Waals surface area contributed by atoms with Crippen molar-refractivity contribution < 1.29 is 8.78 Å². The minimum absolute atomic E-state index is 0.0803. The van der Waals surface area contributed by atoms with Crippen molar-refractivity contribution in [1.82, 2.24) is 9.97 Å². The number of H-pyrrole nitrogens is 1. The van der Waals surface area contributed by atoms with Gasteiger partial charge in [-0.1, -0.05) is 0 Å². The Bertz CT molecular complexity index is 567. The molecule has 72 valence electrons. The zero-order chi connectivity index (χ0) is 10.3. The van der Waals surface area contributed by atoms with Crippen molar-refractivity contribution in [1.29, 1.82) is 0 Å². The molecule has 1 aromatic heterocycles.